The van der Waals surface area contributed by atoms with Gasteiger partial charge in [0.2, 0.25) is 0 Å². The number of furan rings is 1. The van der Waals surface area contributed by atoms with Crippen LogP contribution < -0.4 is 0 Å². The molecule has 0 saturated carbocycles. The van der Waals surface area contributed by atoms with Crippen LogP contribution in [0.5, 0.6) is 0 Å². The number of ether oxygens (including phenoxy) is 1. The molecule has 2 aromatic heterocycles. The first-order valence-electron chi connectivity index (χ1n) is 10.2. The van der Waals surface area contributed by atoms with Gasteiger partial charge < -0.3 is 9.15 Å². The van der Waals surface area contributed by atoms with Gasteiger partial charge in [0.25, 0.3) is 0 Å². The van der Waals surface area contributed by atoms with Crippen LogP contribution in [0.4, 0.5) is 0 Å². The van der Waals surface area contributed by atoms with Crippen molar-refractivity contribution in [3.8, 4) is 0 Å². The summed E-state index contributed by atoms with van der Waals surface area (Å²) in [4.78, 5) is 5.00. The molecule has 0 radical (unpaired) electrons. The summed E-state index contributed by atoms with van der Waals surface area (Å²) in [5.41, 5.74) is 3.78. The minimum absolute atomic E-state index is 0.840. The highest BCUT2D eigenvalue weighted by Crippen LogP contribution is 2.18. The molecule has 0 spiro atoms. The highest BCUT2D eigenvalue weighted by atomic mass is 16.5. The summed E-state index contributed by atoms with van der Waals surface area (Å²) < 4.78 is 13.4. The van der Waals surface area contributed by atoms with E-state index in [4.69, 9.17) is 14.3 Å². The molecule has 1 aliphatic heterocycles. The van der Waals surface area contributed by atoms with Crippen molar-refractivity contribution in [2.24, 2.45) is 0 Å². The van der Waals surface area contributed by atoms with Gasteiger partial charge in [-0.25, -0.2) is 0 Å². The minimum Gasteiger partial charge on any atom is -0.465 e. The zero-order valence-electron chi connectivity index (χ0n) is 17.3. The average molecular weight is 375 g/mol. The van der Waals surface area contributed by atoms with E-state index in [1.165, 1.54) is 11.3 Å². The molecule has 1 saturated heterocycles. The van der Waals surface area contributed by atoms with Crippen molar-refractivity contribution in [2.75, 3.05) is 39.4 Å². The largest absolute Gasteiger partial charge is 0.465 e. The Morgan fingerprint density at radius 3 is 2.52 bits per heavy atom. The van der Waals surface area contributed by atoms with E-state index in [9.17, 15) is 0 Å². The molecule has 6 heteroatoms. The predicted octanol–water partition coefficient (Wildman–Crippen LogP) is 3.15. The summed E-state index contributed by atoms with van der Waals surface area (Å²) in [6.45, 7) is 17.1. The van der Waals surface area contributed by atoms with E-state index in [1.54, 1.807) is 0 Å². The van der Waals surface area contributed by atoms with Crippen LogP contribution in [-0.4, -0.2) is 59.0 Å². The lowest BCUT2D eigenvalue weighted by atomic mass is 10.1. The van der Waals surface area contributed by atoms with Crippen molar-refractivity contribution < 1.29 is 9.15 Å². The van der Waals surface area contributed by atoms with Crippen molar-refractivity contribution >= 4 is 0 Å². The maximum atomic E-state index is 5.85. The molecule has 0 unspecified atom stereocenters. The van der Waals surface area contributed by atoms with Crippen LogP contribution in [0.15, 0.2) is 16.5 Å². The standard InChI is InChI=1S/C21H34N4O2/c1-5-25-19(4)21(18(3)22-25)16-24(15-20-8-7-17(2)27-20)10-6-9-23-11-13-26-14-12-23/h7-8H,5-6,9-16H2,1-4H3. The number of nitrogens with zero attached hydrogens (tertiary/aromatic N) is 4. The molecule has 27 heavy (non-hydrogen) atoms. The van der Waals surface area contributed by atoms with Crippen LogP contribution >= 0.6 is 0 Å². The Hall–Kier alpha value is -1.63. The molecule has 3 rings (SSSR count). The molecule has 150 valence electrons. The molecule has 1 aliphatic rings. The van der Waals surface area contributed by atoms with Crippen molar-refractivity contribution in [3.05, 3.63) is 40.6 Å². The molecule has 2 aromatic rings. The Bertz CT molecular complexity index is 716. The van der Waals surface area contributed by atoms with Gasteiger partial charge in [-0.1, -0.05) is 0 Å². The summed E-state index contributed by atoms with van der Waals surface area (Å²) in [6.07, 6.45) is 1.15. The summed E-state index contributed by atoms with van der Waals surface area (Å²) in [7, 11) is 0. The Morgan fingerprint density at radius 2 is 1.89 bits per heavy atom. The van der Waals surface area contributed by atoms with Gasteiger partial charge in [0.1, 0.15) is 11.5 Å². The van der Waals surface area contributed by atoms with E-state index in [2.05, 4.69) is 41.3 Å². The van der Waals surface area contributed by atoms with E-state index < -0.39 is 0 Å². The molecule has 0 bridgehead atoms. The Balaban J connectivity index is 1.64. The fraction of sp³-hybridized carbons (Fsp3) is 0.667. The highest BCUT2D eigenvalue weighted by molar-refractivity contribution is 5.24. The van der Waals surface area contributed by atoms with E-state index in [0.717, 1.165) is 82.7 Å². The van der Waals surface area contributed by atoms with Crippen molar-refractivity contribution in [1.82, 2.24) is 19.6 Å². The molecule has 0 atom stereocenters. The second-order valence-electron chi connectivity index (χ2n) is 7.50. The van der Waals surface area contributed by atoms with Crippen LogP contribution in [0.2, 0.25) is 0 Å². The van der Waals surface area contributed by atoms with Gasteiger partial charge in [-0.2, -0.15) is 5.10 Å². The van der Waals surface area contributed by atoms with Gasteiger partial charge >= 0.3 is 0 Å². The smallest absolute Gasteiger partial charge is 0.118 e. The summed E-state index contributed by atoms with van der Waals surface area (Å²) in [5.74, 6) is 2.02. The SMILES string of the molecule is CCn1nc(C)c(CN(CCCN2CCOCC2)Cc2ccc(C)o2)c1C. The maximum absolute atomic E-state index is 5.85. The third-order valence-corrected chi connectivity index (χ3v) is 5.44. The van der Waals surface area contributed by atoms with Crippen LogP contribution in [0.3, 0.4) is 0 Å². The third kappa shape index (κ3) is 5.43. The first-order valence-corrected chi connectivity index (χ1v) is 10.2. The maximum Gasteiger partial charge on any atom is 0.118 e. The quantitative estimate of drug-likeness (QED) is 0.675. The molecular formula is C21H34N4O2. The van der Waals surface area contributed by atoms with Crippen LogP contribution in [-0.2, 0) is 24.4 Å². The second-order valence-corrected chi connectivity index (χ2v) is 7.50. The third-order valence-electron chi connectivity index (χ3n) is 5.44. The minimum atomic E-state index is 0.840. The fourth-order valence-corrected chi connectivity index (χ4v) is 3.84. The highest BCUT2D eigenvalue weighted by Gasteiger charge is 2.17. The molecule has 0 amide bonds. The number of rotatable bonds is 9. The lowest BCUT2D eigenvalue weighted by Gasteiger charge is -2.28. The second kappa shape index (κ2) is 9.53. The van der Waals surface area contributed by atoms with Crippen LogP contribution in [0.25, 0.3) is 0 Å². The van der Waals surface area contributed by atoms with Gasteiger partial charge in [0.15, 0.2) is 0 Å². The molecule has 6 nitrogen and oxygen atoms in total. The zero-order chi connectivity index (χ0) is 19.2. The number of morpholine rings is 1. The van der Waals surface area contributed by atoms with E-state index in [1.807, 2.05) is 13.0 Å². The molecule has 3 heterocycles. The van der Waals surface area contributed by atoms with Crippen molar-refractivity contribution in [1.29, 1.82) is 0 Å². The van der Waals surface area contributed by atoms with Crippen LogP contribution in [0.1, 0.15) is 41.8 Å². The van der Waals surface area contributed by atoms with Crippen molar-refractivity contribution in [2.45, 2.75) is 53.8 Å². The van der Waals surface area contributed by atoms with E-state index in [-0.39, 0.29) is 0 Å². The fourth-order valence-electron chi connectivity index (χ4n) is 3.84. The molecule has 1 fully saturated rings. The molecule has 0 aliphatic carbocycles. The number of aryl methyl sites for hydroxylation is 3. The normalized spacial score (nSPS) is 15.7. The number of hydrogen-bond donors (Lipinski definition) is 0. The van der Waals surface area contributed by atoms with Gasteiger partial charge in [-0.3, -0.25) is 14.5 Å². The molecular weight excluding hydrogens is 340 g/mol. The van der Waals surface area contributed by atoms with Gasteiger partial charge in [-0.05, 0) is 52.8 Å². The Morgan fingerprint density at radius 1 is 1.11 bits per heavy atom. The first kappa shape index (κ1) is 20.1. The van der Waals surface area contributed by atoms with Gasteiger partial charge in [0.05, 0.1) is 25.5 Å². The topological polar surface area (TPSA) is 46.7 Å². The molecule has 0 N–H and O–H groups in total. The predicted molar refractivity (Wildman–Crippen MR) is 107 cm³/mol. The monoisotopic (exact) mass is 374 g/mol. The van der Waals surface area contributed by atoms with E-state index >= 15 is 0 Å². The Labute approximate surface area is 163 Å². The summed E-state index contributed by atoms with van der Waals surface area (Å²) in [5, 5.41) is 4.69. The van der Waals surface area contributed by atoms with Gasteiger partial charge in [0, 0.05) is 44.0 Å². The lowest BCUT2D eigenvalue weighted by molar-refractivity contribution is 0.0357. The summed E-state index contributed by atoms with van der Waals surface area (Å²) in [6, 6.07) is 4.15. The summed E-state index contributed by atoms with van der Waals surface area (Å²) >= 11 is 0. The average Bonchev–Trinajstić information content (AvgIpc) is 3.19. The molecule has 0 aromatic carbocycles. The van der Waals surface area contributed by atoms with Gasteiger partial charge in [-0.15, -0.1) is 0 Å². The zero-order valence-corrected chi connectivity index (χ0v) is 17.3. The van der Waals surface area contributed by atoms with Crippen molar-refractivity contribution in [3.63, 3.8) is 0 Å². The van der Waals surface area contributed by atoms with Crippen LogP contribution in [0, 0.1) is 20.8 Å². The Kier molecular flexibility index (Phi) is 7.10. The van der Waals surface area contributed by atoms with E-state index in [0.29, 0.717) is 0 Å². The number of hydrogen-bond acceptors (Lipinski definition) is 5. The number of aromatic nitrogens is 2. The first-order chi connectivity index (χ1) is 13.1. The lowest BCUT2D eigenvalue weighted by Crippen LogP contribution is -2.38.